The number of nitrogens with one attached hydrogen (secondary N) is 2. The van der Waals surface area contributed by atoms with Crippen LogP contribution in [0, 0.1) is 6.92 Å². The highest BCUT2D eigenvalue weighted by Gasteiger charge is 2.33. The van der Waals surface area contributed by atoms with Crippen molar-refractivity contribution in [3.63, 3.8) is 0 Å². The number of hydrogen-bond acceptors (Lipinski definition) is 6. The third kappa shape index (κ3) is 6.68. The third-order valence-electron chi connectivity index (χ3n) is 5.34. The molecule has 0 saturated carbocycles. The summed E-state index contributed by atoms with van der Waals surface area (Å²) in [5.74, 6) is 0.353. The number of benzene rings is 1. The molecule has 180 valence electrons. The summed E-state index contributed by atoms with van der Waals surface area (Å²) in [6, 6.07) is 4.54. The van der Waals surface area contributed by atoms with Gasteiger partial charge in [-0.1, -0.05) is 23.7 Å². The summed E-state index contributed by atoms with van der Waals surface area (Å²) in [4.78, 5) is 28.9. The van der Waals surface area contributed by atoms with Crippen LogP contribution in [-0.2, 0) is 15.8 Å². The van der Waals surface area contributed by atoms with Gasteiger partial charge in [-0.15, -0.1) is 0 Å². The molecule has 0 spiro atoms. The van der Waals surface area contributed by atoms with Gasteiger partial charge in [-0.3, -0.25) is 19.4 Å². The zero-order valence-corrected chi connectivity index (χ0v) is 19.0. The average Bonchev–Trinajstić information content (AvgIpc) is 3.15. The van der Waals surface area contributed by atoms with Crippen molar-refractivity contribution in [1.82, 2.24) is 15.0 Å². The second-order valence-corrected chi connectivity index (χ2v) is 8.20. The van der Waals surface area contributed by atoms with Gasteiger partial charge in [-0.25, -0.2) is 0 Å². The highest BCUT2D eigenvalue weighted by molar-refractivity contribution is 6.31. The number of aryl methyl sites for hydroxylation is 1. The molecule has 1 aromatic heterocycles. The Morgan fingerprint density at radius 2 is 1.88 bits per heavy atom. The quantitative estimate of drug-likeness (QED) is 0.620. The van der Waals surface area contributed by atoms with Crippen LogP contribution in [-0.4, -0.2) is 65.5 Å². The second kappa shape index (κ2) is 10.5. The molecule has 1 unspecified atom stereocenters. The fourth-order valence-electron chi connectivity index (χ4n) is 3.70. The molecule has 0 aliphatic carbocycles. The van der Waals surface area contributed by atoms with E-state index in [0.29, 0.717) is 44.2 Å². The van der Waals surface area contributed by atoms with Gasteiger partial charge in [0.15, 0.2) is 5.82 Å². The van der Waals surface area contributed by atoms with Crippen molar-refractivity contribution in [1.29, 1.82) is 0 Å². The van der Waals surface area contributed by atoms with Gasteiger partial charge in [0.1, 0.15) is 5.76 Å². The molecule has 0 bridgehead atoms. The minimum Gasteiger partial charge on any atom is -0.360 e. The molecule has 12 heteroatoms. The molecule has 2 N–H and O–H groups in total. The van der Waals surface area contributed by atoms with E-state index < -0.39 is 22.7 Å². The van der Waals surface area contributed by atoms with Crippen LogP contribution in [0.3, 0.4) is 0 Å². The number of carbonyl (C=O) groups is 2. The maximum Gasteiger partial charge on any atom is 0.417 e. The Hall–Kier alpha value is -2.63. The molecule has 2 aromatic rings. The fourth-order valence-corrected chi connectivity index (χ4v) is 3.93. The first-order valence-electron chi connectivity index (χ1n) is 10.4. The van der Waals surface area contributed by atoms with E-state index in [1.165, 1.54) is 6.07 Å². The van der Waals surface area contributed by atoms with Crippen molar-refractivity contribution < 1.29 is 27.3 Å². The van der Waals surface area contributed by atoms with E-state index in [2.05, 4.69) is 15.8 Å². The largest absolute Gasteiger partial charge is 0.417 e. The predicted octanol–water partition coefficient (Wildman–Crippen LogP) is 3.63. The smallest absolute Gasteiger partial charge is 0.360 e. The molecule has 8 nitrogen and oxygen atoms in total. The van der Waals surface area contributed by atoms with Crippen LogP contribution < -0.4 is 10.6 Å². The third-order valence-corrected chi connectivity index (χ3v) is 5.67. The lowest BCUT2D eigenvalue weighted by Gasteiger charge is -2.38. The number of alkyl halides is 3. The molecule has 1 aromatic carbocycles. The highest BCUT2D eigenvalue weighted by Crippen LogP contribution is 2.36. The Morgan fingerprint density at radius 1 is 1.18 bits per heavy atom. The molecule has 1 saturated heterocycles. The van der Waals surface area contributed by atoms with E-state index in [9.17, 15) is 22.8 Å². The Balaban J connectivity index is 1.50. The summed E-state index contributed by atoms with van der Waals surface area (Å²) in [7, 11) is 0. The Morgan fingerprint density at radius 3 is 2.45 bits per heavy atom. The number of aromatic nitrogens is 1. The first kappa shape index (κ1) is 25.0. The number of nitrogens with zero attached hydrogens (tertiary/aromatic N) is 3. The molecular weight excluding hydrogens is 463 g/mol. The number of amides is 2. The van der Waals surface area contributed by atoms with Crippen LogP contribution in [0.4, 0.5) is 24.7 Å². The van der Waals surface area contributed by atoms with Crippen molar-refractivity contribution in [3.05, 3.63) is 40.6 Å². The van der Waals surface area contributed by atoms with Gasteiger partial charge in [-0.05, 0) is 31.5 Å². The van der Waals surface area contributed by atoms with Crippen molar-refractivity contribution in [2.75, 3.05) is 43.4 Å². The number of halogens is 4. The van der Waals surface area contributed by atoms with E-state index >= 15 is 0 Å². The summed E-state index contributed by atoms with van der Waals surface area (Å²) in [6.45, 7) is 5.88. The molecule has 0 radical (unpaired) electrons. The first-order valence-corrected chi connectivity index (χ1v) is 10.8. The van der Waals surface area contributed by atoms with Crippen LogP contribution in [0.2, 0.25) is 5.02 Å². The first-order chi connectivity index (χ1) is 15.6. The van der Waals surface area contributed by atoms with Crippen LogP contribution in [0.15, 0.2) is 28.8 Å². The zero-order valence-electron chi connectivity index (χ0n) is 18.2. The summed E-state index contributed by atoms with van der Waals surface area (Å²) in [5.41, 5.74) is -0.971. The Kier molecular flexibility index (Phi) is 7.98. The molecule has 33 heavy (non-hydrogen) atoms. The summed E-state index contributed by atoms with van der Waals surface area (Å²) < 4.78 is 44.0. The molecule has 1 aliphatic rings. The summed E-state index contributed by atoms with van der Waals surface area (Å²) in [5, 5.41) is 8.58. The minimum absolute atomic E-state index is 0.0268. The molecule has 1 fully saturated rings. The molecule has 1 aliphatic heterocycles. The molecule has 2 heterocycles. The SMILES string of the molecule is CCC(C(=O)Nc1cc(C)on1)N1CCN(CC(=O)Nc2ccc(Cl)c(C(F)(F)F)c2)CC1. The standard InChI is InChI=1S/C21H25ClF3N5O3/c1-3-17(20(32)27-18-10-13(2)33-28-18)30-8-6-29(7-9-30)12-19(31)26-14-4-5-16(22)15(11-14)21(23,24)25/h4-5,10-11,17H,3,6-9,12H2,1-2H3,(H,26,31)(H,27,28,32). The van der Waals surface area contributed by atoms with Crippen molar-refractivity contribution in [2.24, 2.45) is 0 Å². The lowest BCUT2D eigenvalue weighted by Crippen LogP contribution is -2.54. The van der Waals surface area contributed by atoms with E-state index in [1.807, 2.05) is 16.7 Å². The molecule has 3 rings (SSSR count). The minimum atomic E-state index is -4.61. The monoisotopic (exact) mass is 487 g/mol. The maximum absolute atomic E-state index is 13.0. The van der Waals surface area contributed by atoms with Crippen LogP contribution in [0.1, 0.15) is 24.7 Å². The molecule has 1 atom stereocenters. The van der Waals surface area contributed by atoms with Gasteiger partial charge in [-0.2, -0.15) is 13.2 Å². The molecular formula is C21H25ClF3N5O3. The van der Waals surface area contributed by atoms with Gasteiger partial charge < -0.3 is 15.2 Å². The fraction of sp³-hybridized carbons (Fsp3) is 0.476. The number of hydrogen-bond donors (Lipinski definition) is 2. The maximum atomic E-state index is 13.0. The normalized spacial score (nSPS) is 16.4. The van der Waals surface area contributed by atoms with Crippen molar-refractivity contribution in [3.8, 4) is 0 Å². The number of piperazine rings is 1. The van der Waals surface area contributed by atoms with Crippen molar-refractivity contribution in [2.45, 2.75) is 32.5 Å². The van der Waals surface area contributed by atoms with E-state index in [0.717, 1.165) is 12.1 Å². The Labute approximate surface area is 194 Å². The number of carbonyl (C=O) groups excluding carboxylic acids is 2. The number of rotatable bonds is 7. The van der Waals surface area contributed by atoms with Gasteiger partial charge in [0.05, 0.1) is 23.2 Å². The topological polar surface area (TPSA) is 90.7 Å². The second-order valence-electron chi connectivity index (χ2n) is 7.79. The molecule has 2 amide bonds. The average molecular weight is 488 g/mol. The summed E-state index contributed by atoms with van der Waals surface area (Å²) >= 11 is 5.61. The van der Waals surface area contributed by atoms with E-state index in [1.54, 1.807) is 13.0 Å². The van der Waals surface area contributed by atoms with Crippen LogP contribution >= 0.6 is 11.6 Å². The van der Waals surface area contributed by atoms with Gasteiger partial charge >= 0.3 is 6.18 Å². The lowest BCUT2D eigenvalue weighted by molar-refractivity contribution is -0.137. The van der Waals surface area contributed by atoms with E-state index in [4.69, 9.17) is 16.1 Å². The van der Waals surface area contributed by atoms with Gasteiger partial charge in [0.25, 0.3) is 0 Å². The lowest BCUT2D eigenvalue weighted by atomic mass is 10.1. The van der Waals surface area contributed by atoms with Gasteiger partial charge in [0, 0.05) is 37.9 Å². The number of anilines is 2. The predicted molar refractivity (Wildman–Crippen MR) is 117 cm³/mol. The highest BCUT2D eigenvalue weighted by atomic mass is 35.5. The van der Waals surface area contributed by atoms with Gasteiger partial charge in [0.2, 0.25) is 11.8 Å². The summed E-state index contributed by atoms with van der Waals surface area (Å²) in [6.07, 6.45) is -4.01. The zero-order chi connectivity index (χ0) is 24.2. The van der Waals surface area contributed by atoms with Crippen LogP contribution in [0.25, 0.3) is 0 Å². The Bertz CT molecular complexity index is 990. The van der Waals surface area contributed by atoms with Crippen molar-refractivity contribution >= 4 is 34.9 Å². The van der Waals surface area contributed by atoms with E-state index in [-0.39, 0.29) is 24.2 Å². The van der Waals surface area contributed by atoms with Crippen LogP contribution in [0.5, 0.6) is 0 Å².